The number of nitrogens with one attached hydrogen (secondary N) is 1. The lowest BCUT2D eigenvalue weighted by Crippen LogP contribution is -2.32. The van der Waals surface area contributed by atoms with Crippen LogP contribution in [0.1, 0.15) is 26.2 Å². The van der Waals surface area contributed by atoms with Crippen molar-refractivity contribution in [1.29, 1.82) is 5.26 Å². The fourth-order valence-corrected chi connectivity index (χ4v) is 1.78. The van der Waals surface area contributed by atoms with E-state index in [2.05, 4.69) is 16.3 Å². The zero-order valence-electron chi connectivity index (χ0n) is 8.42. The van der Waals surface area contributed by atoms with Crippen molar-refractivity contribution in [1.82, 2.24) is 10.2 Å². The SMILES string of the molecule is CCNC(C#N)CCN1CCCC1. The normalized spacial score (nSPS) is 20.0. The first-order valence-corrected chi connectivity index (χ1v) is 5.22. The van der Waals surface area contributed by atoms with Crippen molar-refractivity contribution in [3.63, 3.8) is 0 Å². The van der Waals surface area contributed by atoms with E-state index in [1.165, 1.54) is 25.9 Å². The van der Waals surface area contributed by atoms with Crippen LogP contribution in [-0.2, 0) is 0 Å². The standard InChI is InChI=1S/C10H19N3/c1-2-12-10(9-11)5-8-13-6-3-4-7-13/h10,12H,2-8H2,1H3. The minimum absolute atomic E-state index is 0.0469. The number of hydrogen-bond acceptors (Lipinski definition) is 3. The third-order valence-corrected chi connectivity index (χ3v) is 2.54. The van der Waals surface area contributed by atoms with Gasteiger partial charge in [0.25, 0.3) is 0 Å². The highest BCUT2D eigenvalue weighted by molar-refractivity contribution is 4.90. The molecule has 1 heterocycles. The summed E-state index contributed by atoms with van der Waals surface area (Å²) in [5.74, 6) is 0. The van der Waals surface area contributed by atoms with Crippen LogP contribution in [0.25, 0.3) is 0 Å². The maximum atomic E-state index is 8.80. The Hall–Kier alpha value is -0.590. The average molecular weight is 181 g/mol. The average Bonchev–Trinajstić information content (AvgIpc) is 2.64. The summed E-state index contributed by atoms with van der Waals surface area (Å²) < 4.78 is 0. The van der Waals surface area contributed by atoms with Crippen LogP contribution in [0.15, 0.2) is 0 Å². The highest BCUT2D eigenvalue weighted by Gasteiger charge is 2.13. The van der Waals surface area contributed by atoms with Crippen molar-refractivity contribution in [3.8, 4) is 6.07 Å². The molecule has 1 unspecified atom stereocenters. The third kappa shape index (κ3) is 3.75. The van der Waals surface area contributed by atoms with Gasteiger partial charge in [0.1, 0.15) is 0 Å². The van der Waals surface area contributed by atoms with Crippen molar-refractivity contribution in [2.24, 2.45) is 0 Å². The topological polar surface area (TPSA) is 39.1 Å². The van der Waals surface area contributed by atoms with Crippen LogP contribution >= 0.6 is 0 Å². The lowest BCUT2D eigenvalue weighted by molar-refractivity contribution is 0.322. The Morgan fingerprint density at radius 3 is 2.69 bits per heavy atom. The number of rotatable bonds is 5. The molecule has 0 aromatic carbocycles. The predicted molar refractivity (Wildman–Crippen MR) is 53.4 cm³/mol. The van der Waals surface area contributed by atoms with E-state index in [-0.39, 0.29) is 6.04 Å². The summed E-state index contributed by atoms with van der Waals surface area (Å²) in [7, 11) is 0. The summed E-state index contributed by atoms with van der Waals surface area (Å²) in [5, 5.41) is 12.0. The Balaban J connectivity index is 2.12. The van der Waals surface area contributed by atoms with Gasteiger partial charge in [-0.3, -0.25) is 0 Å². The molecule has 0 radical (unpaired) electrons. The highest BCUT2D eigenvalue weighted by atomic mass is 15.1. The molecule has 1 aliphatic rings. The first kappa shape index (κ1) is 10.5. The molecule has 1 rings (SSSR count). The third-order valence-electron chi connectivity index (χ3n) is 2.54. The molecule has 0 aliphatic carbocycles. The van der Waals surface area contributed by atoms with Crippen molar-refractivity contribution in [2.45, 2.75) is 32.2 Å². The summed E-state index contributed by atoms with van der Waals surface area (Å²) >= 11 is 0. The Kier molecular flexibility index (Phi) is 4.81. The summed E-state index contributed by atoms with van der Waals surface area (Å²) in [4.78, 5) is 2.45. The van der Waals surface area contributed by atoms with Crippen molar-refractivity contribution >= 4 is 0 Å². The Labute approximate surface area is 80.7 Å². The first-order valence-electron chi connectivity index (χ1n) is 5.22. The number of nitrogens with zero attached hydrogens (tertiary/aromatic N) is 2. The van der Waals surface area contributed by atoms with Crippen LogP contribution in [0.2, 0.25) is 0 Å². The van der Waals surface area contributed by atoms with Gasteiger partial charge in [-0.1, -0.05) is 6.92 Å². The van der Waals surface area contributed by atoms with Crippen LogP contribution in [0.5, 0.6) is 0 Å². The van der Waals surface area contributed by atoms with Crippen molar-refractivity contribution in [3.05, 3.63) is 0 Å². The van der Waals surface area contributed by atoms with Crippen LogP contribution in [0.4, 0.5) is 0 Å². The molecule has 1 atom stereocenters. The lowest BCUT2D eigenvalue weighted by atomic mass is 10.2. The zero-order valence-corrected chi connectivity index (χ0v) is 8.42. The van der Waals surface area contributed by atoms with Crippen LogP contribution in [0, 0.1) is 11.3 Å². The molecule has 1 N–H and O–H groups in total. The fourth-order valence-electron chi connectivity index (χ4n) is 1.78. The predicted octanol–water partition coefficient (Wildman–Crippen LogP) is 0.974. The molecular formula is C10H19N3. The van der Waals surface area contributed by atoms with Gasteiger partial charge < -0.3 is 10.2 Å². The molecule has 0 aromatic heterocycles. The van der Waals surface area contributed by atoms with Crippen molar-refractivity contribution in [2.75, 3.05) is 26.2 Å². The van der Waals surface area contributed by atoms with E-state index in [9.17, 15) is 0 Å². The largest absolute Gasteiger partial charge is 0.303 e. The van der Waals surface area contributed by atoms with Gasteiger partial charge in [0.2, 0.25) is 0 Å². The van der Waals surface area contributed by atoms with Gasteiger partial charge in [-0.05, 0) is 38.9 Å². The molecule has 0 saturated carbocycles. The molecule has 3 nitrogen and oxygen atoms in total. The fraction of sp³-hybridized carbons (Fsp3) is 0.900. The monoisotopic (exact) mass is 181 g/mol. The summed E-state index contributed by atoms with van der Waals surface area (Å²) in [6.07, 6.45) is 3.63. The molecule has 1 aliphatic heterocycles. The molecule has 1 fully saturated rings. The molecule has 13 heavy (non-hydrogen) atoms. The molecule has 74 valence electrons. The van der Waals surface area contributed by atoms with E-state index in [1.54, 1.807) is 0 Å². The van der Waals surface area contributed by atoms with Gasteiger partial charge in [0.15, 0.2) is 0 Å². The molecular weight excluding hydrogens is 162 g/mol. The first-order chi connectivity index (χ1) is 6.36. The molecule has 0 spiro atoms. The minimum Gasteiger partial charge on any atom is -0.303 e. The van der Waals surface area contributed by atoms with E-state index in [4.69, 9.17) is 5.26 Å². The van der Waals surface area contributed by atoms with E-state index in [1.807, 2.05) is 6.92 Å². The zero-order chi connectivity index (χ0) is 9.52. The maximum absolute atomic E-state index is 8.80. The molecule has 0 aromatic rings. The van der Waals surface area contributed by atoms with Crippen LogP contribution in [0.3, 0.4) is 0 Å². The minimum atomic E-state index is 0.0469. The smallest absolute Gasteiger partial charge is 0.0965 e. The van der Waals surface area contributed by atoms with Gasteiger partial charge >= 0.3 is 0 Å². The second kappa shape index (κ2) is 5.95. The Morgan fingerprint density at radius 1 is 1.46 bits per heavy atom. The van der Waals surface area contributed by atoms with E-state index >= 15 is 0 Å². The van der Waals surface area contributed by atoms with E-state index in [0.29, 0.717) is 0 Å². The van der Waals surface area contributed by atoms with E-state index in [0.717, 1.165) is 19.5 Å². The van der Waals surface area contributed by atoms with Gasteiger partial charge in [0.05, 0.1) is 12.1 Å². The number of nitriles is 1. The lowest BCUT2D eigenvalue weighted by Gasteiger charge is -2.16. The molecule has 0 amide bonds. The number of likely N-dealkylation sites (tertiary alicyclic amines) is 1. The summed E-state index contributed by atoms with van der Waals surface area (Å²) in [5.41, 5.74) is 0. The summed E-state index contributed by atoms with van der Waals surface area (Å²) in [6, 6.07) is 2.34. The van der Waals surface area contributed by atoms with Gasteiger partial charge in [-0.25, -0.2) is 0 Å². The second-order valence-electron chi connectivity index (χ2n) is 3.58. The second-order valence-corrected chi connectivity index (χ2v) is 3.58. The van der Waals surface area contributed by atoms with Crippen LogP contribution in [-0.4, -0.2) is 37.1 Å². The van der Waals surface area contributed by atoms with E-state index < -0.39 is 0 Å². The van der Waals surface area contributed by atoms with Gasteiger partial charge in [-0.2, -0.15) is 5.26 Å². The van der Waals surface area contributed by atoms with Gasteiger partial charge in [-0.15, -0.1) is 0 Å². The number of hydrogen-bond donors (Lipinski definition) is 1. The van der Waals surface area contributed by atoms with Crippen LogP contribution < -0.4 is 5.32 Å². The summed E-state index contributed by atoms with van der Waals surface area (Å²) in [6.45, 7) is 6.46. The Bertz CT molecular complexity index is 167. The van der Waals surface area contributed by atoms with Crippen molar-refractivity contribution < 1.29 is 0 Å². The molecule has 1 saturated heterocycles. The molecule has 0 bridgehead atoms. The molecule has 3 heteroatoms. The Morgan fingerprint density at radius 2 is 2.15 bits per heavy atom. The highest BCUT2D eigenvalue weighted by Crippen LogP contribution is 2.08. The quantitative estimate of drug-likeness (QED) is 0.687. The van der Waals surface area contributed by atoms with Gasteiger partial charge in [0, 0.05) is 6.54 Å². The maximum Gasteiger partial charge on any atom is 0.0965 e.